The van der Waals surface area contributed by atoms with Gasteiger partial charge in [0.05, 0.1) is 40.4 Å². The number of para-hydroxylation sites is 1. The Morgan fingerprint density at radius 2 is 2.16 bits per heavy atom. The number of carbonyl (C=O) groups excluding carboxylic acids is 2. The molecule has 2 amide bonds. The van der Waals surface area contributed by atoms with Gasteiger partial charge in [-0.15, -0.1) is 11.3 Å². The van der Waals surface area contributed by atoms with Crippen LogP contribution in [0.25, 0.3) is 10.2 Å². The molecule has 3 heterocycles. The van der Waals surface area contributed by atoms with Crippen molar-refractivity contribution in [1.82, 2.24) is 14.8 Å². The molecule has 2 saturated heterocycles. The molecule has 1 aromatic carbocycles. The molecule has 2 aromatic rings. The summed E-state index contributed by atoms with van der Waals surface area (Å²) in [5.41, 5.74) is 0.989. The van der Waals surface area contributed by atoms with E-state index in [0.717, 1.165) is 15.2 Å². The molecule has 6 nitrogen and oxygen atoms in total. The number of benzene rings is 1. The zero-order chi connectivity index (χ0) is 17.4. The van der Waals surface area contributed by atoms with E-state index in [0.29, 0.717) is 39.1 Å². The zero-order valence-electron chi connectivity index (χ0n) is 14.2. The predicted molar refractivity (Wildman–Crippen MR) is 95.4 cm³/mol. The maximum Gasteiger partial charge on any atom is 0.229 e. The number of ether oxygens (including phenoxy) is 1. The third-order valence-corrected chi connectivity index (χ3v) is 6.09. The van der Waals surface area contributed by atoms with Crippen LogP contribution in [0.5, 0.6) is 0 Å². The van der Waals surface area contributed by atoms with Crippen LogP contribution in [-0.2, 0) is 20.7 Å². The van der Waals surface area contributed by atoms with Crippen LogP contribution in [0.3, 0.4) is 0 Å². The number of aromatic nitrogens is 1. The standard InChI is InChI=1S/C18H21N3O3S/c1-20-13-9-21(8-12(18(20)23)10-24-11-13)17(22)7-6-16-19-14-4-2-3-5-15(14)25-16/h2-5,12-13H,6-11H2,1H3/t12-,13+/m1/s1. The molecule has 2 aliphatic rings. The van der Waals surface area contributed by atoms with Gasteiger partial charge in [0.1, 0.15) is 0 Å². The minimum absolute atomic E-state index is 0.0496. The van der Waals surface area contributed by atoms with Gasteiger partial charge in [0.2, 0.25) is 11.8 Å². The van der Waals surface area contributed by atoms with Crippen LogP contribution in [0, 0.1) is 5.92 Å². The average Bonchev–Trinajstić information content (AvgIpc) is 2.91. The molecule has 2 bridgehead atoms. The van der Waals surface area contributed by atoms with Gasteiger partial charge in [-0.1, -0.05) is 12.1 Å². The Morgan fingerprint density at radius 1 is 1.32 bits per heavy atom. The van der Waals surface area contributed by atoms with E-state index < -0.39 is 0 Å². The van der Waals surface area contributed by atoms with Gasteiger partial charge in [0.15, 0.2) is 0 Å². The maximum absolute atomic E-state index is 12.7. The van der Waals surface area contributed by atoms with Gasteiger partial charge < -0.3 is 14.5 Å². The number of amides is 2. The molecule has 2 fully saturated rings. The molecule has 2 aliphatic heterocycles. The number of hydrogen-bond donors (Lipinski definition) is 0. The number of nitrogens with zero attached hydrogens (tertiary/aromatic N) is 3. The maximum atomic E-state index is 12.7. The summed E-state index contributed by atoms with van der Waals surface area (Å²) in [4.78, 5) is 33.3. The Morgan fingerprint density at radius 3 is 3.00 bits per heavy atom. The van der Waals surface area contributed by atoms with Crippen LogP contribution in [0.1, 0.15) is 11.4 Å². The molecule has 0 spiro atoms. The number of thiazole rings is 1. The Hall–Kier alpha value is -1.99. The van der Waals surface area contributed by atoms with Crippen molar-refractivity contribution in [2.45, 2.75) is 18.9 Å². The van der Waals surface area contributed by atoms with Crippen molar-refractivity contribution in [3.05, 3.63) is 29.3 Å². The number of fused-ring (bicyclic) bond motifs is 4. The first-order valence-corrected chi connectivity index (χ1v) is 9.40. The van der Waals surface area contributed by atoms with Crippen molar-refractivity contribution in [3.8, 4) is 0 Å². The number of hydrogen-bond acceptors (Lipinski definition) is 5. The summed E-state index contributed by atoms with van der Waals surface area (Å²) in [7, 11) is 1.81. The van der Waals surface area contributed by atoms with Gasteiger partial charge in [-0.3, -0.25) is 9.59 Å². The van der Waals surface area contributed by atoms with Crippen LogP contribution in [0.4, 0.5) is 0 Å². The van der Waals surface area contributed by atoms with Gasteiger partial charge in [-0.25, -0.2) is 4.98 Å². The molecular weight excluding hydrogens is 338 g/mol. The average molecular weight is 359 g/mol. The van der Waals surface area contributed by atoms with E-state index in [1.165, 1.54) is 0 Å². The quantitative estimate of drug-likeness (QED) is 0.834. The minimum Gasteiger partial charge on any atom is -0.378 e. The lowest BCUT2D eigenvalue weighted by Gasteiger charge is -2.29. The highest BCUT2D eigenvalue weighted by Crippen LogP contribution is 2.24. The fourth-order valence-corrected chi connectivity index (χ4v) is 4.47. The Bertz CT molecular complexity index is 773. The monoisotopic (exact) mass is 359 g/mol. The summed E-state index contributed by atoms with van der Waals surface area (Å²) < 4.78 is 6.74. The van der Waals surface area contributed by atoms with Gasteiger partial charge in [0.25, 0.3) is 0 Å². The second-order valence-electron chi connectivity index (χ2n) is 6.71. The molecule has 1 aromatic heterocycles. The fourth-order valence-electron chi connectivity index (χ4n) is 3.50. The molecule has 2 atom stereocenters. The smallest absolute Gasteiger partial charge is 0.229 e. The Kier molecular flexibility index (Phi) is 4.43. The van der Waals surface area contributed by atoms with Gasteiger partial charge in [0, 0.05) is 33.0 Å². The highest BCUT2D eigenvalue weighted by molar-refractivity contribution is 7.18. The number of rotatable bonds is 3. The molecule has 0 unspecified atom stereocenters. The fraction of sp³-hybridized carbons (Fsp3) is 0.500. The van der Waals surface area contributed by atoms with Crippen molar-refractivity contribution in [2.75, 3.05) is 33.4 Å². The molecule has 7 heteroatoms. The minimum atomic E-state index is -0.246. The predicted octanol–water partition coefficient (Wildman–Crippen LogP) is 1.54. The number of likely N-dealkylation sites (N-methyl/N-ethyl adjacent to an activating group) is 1. The topological polar surface area (TPSA) is 62.7 Å². The largest absolute Gasteiger partial charge is 0.378 e. The summed E-state index contributed by atoms with van der Waals surface area (Å²) in [5.74, 6) is -0.0628. The molecule has 132 valence electrons. The zero-order valence-corrected chi connectivity index (χ0v) is 15.0. The molecular formula is C18H21N3O3S. The summed E-state index contributed by atoms with van der Waals surface area (Å²) in [6.07, 6.45) is 1.07. The van der Waals surface area contributed by atoms with E-state index in [9.17, 15) is 9.59 Å². The van der Waals surface area contributed by atoms with Gasteiger partial charge in [-0.05, 0) is 12.1 Å². The van der Waals surface area contributed by atoms with E-state index in [1.54, 1.807) is 16.2 Å². The molecule has 0 N–H and O–H groups in total. The van der Waals surface area contributed by atoms with Crippen molar-refractivity contribution in [1.29, 1.82) is 0 Å². The third kappa shape index (κ3) is 3.26. The van der Waals surface area contributed by atoms with Crippen molar-refractivity contribution in [3.63, 3.8) is 0 Å². The van der Waals surface area contributed by atoms with Crippen molar-refractivity contribution >= 4 is 33.4 Å². The number of aryl methyl sites for hydroxylation is 1. The highest BCUT2D eigenvalue weighted by atomic mass is 32.1. The summed E-state index contributed by atoms with van der Waals surface area (Å²) in [6.45, 7) is 1.91. The molecule has 25 heavy (non-hydrogen) atoms. The number of carbonyl (C=O) groups is 2. The van der Waals surface area contributed by atoms with Crippen molar-refractivity contribution < 1.29 is 14.3 Å². The molecule has 4 rings (SSSR count). The van der Waals surface area contributed by atoms with Crippen LogP contribution in [0.2, 0.25) is 0 Å². The lowest BCUT2D eigenvalue weighted by atomic mass is 10.1. The van der Waals surface area contributed by atoms with E-state index in [4.69, 9.17) is 4.74 Å². The van der Waals surface area contributed by atoms with Crippen molar-refractivity contribution in [2.24, 2.45) is 5.92 Å². The highest BCUT2D eigenvalue weighted by Gasteiger charge is 2.38. The van der Waals surface area contributed by atoms with E-state index in [2.05, 4.69) is 11.1 Å². The van der Waals surface area contributed by atoms with Crippen LogP contribution in [-0.4, -0.2) is 66.0 Å². The van der Waals surface area contributed by atoms with E-state index in [-0.39, 0.29) is 23.8 Å². The molecule has 0 saturated carbocycles. The lowest BCUT2D eigenvalue weighted by Crippen LogP contribution is -2.45. The van der Waals surface area contributed by atoms with E-state index in [1.807, 2.05) is 30.1 Å². The Balaban J connectivity index is 1.43. The van der Waals surface area contributed by atoms with E-state index >= 15 is 0 Å². The van der Waals surface area contributed by atoms with Crippen LogP contribution < -0.4 is 0 Å². The second-order valence-corrected chi connectivity index (χ2v) is 7.83. The second kappa shape index (κ2) is 6.72. The van der Waals surface area contributed by atoms with Gasteiger partial charge >= 0.3 is 0 Å². The normalized spacial score (nSPS) is 23.8. The first-order chi connectivity index (χ1) is 12.1. The van der Waals surface area contributed by atoms with Crippen LogP contribution >= 0.6 is 11.3 Å². The first kappa shape index (κ1) is 16.5. The summed E-state index contributed by atoms with van der Waals surface area (Å²) >= 11 is 1.64. The third-order valence-electron chi connectivity index (χ3n) is 4.99. The van der Waals surface area contributed by atoms with Crippen LogP contribution in [0.15, 0.2) is 24.3 Å². The summed E-state index contributed by atoms with van der Waals surface area (Å²) in [5, 5.41) is 0.987. The molecule has 0 aliphatic carbocycles. The SMILES string of the molecule is CN1C(=O)[C@H]2COC[C@@H]1CN(C(=O)CCc1nc3ccccc3s1)C2. The Labute approximate surface area is 150 Å². The summed E-state index contributed by atoms with van der Waals surface area (Å²) in [6, 6.07) is 7.97. The molecule has 0 radical (unpaired) electrons. The van der Waals surface area contributed by atoms with Gasteiger partial charge in [-0.2, -0.15) is 0 Å². The lowest BCUT2D eigenvalue weighted by molar-refractivity contribution is -0.134. The first-order valence-electron chi connectivity index (χ1n) is 8.58.